The van der Waals surface area contributed by atoms with Crippen LogP contribution in [0.1, 0.15) is 63.4 Å². The highest BCUT2D eigenvalue weighted by molar-refractivity contribution is 8.00. The molecule has 1 aliphatic carbocycles. The lowest BCUT2D eigenvalue weighted by molar-refractivity contribution is -0.147. The lowest BCUT2D eigenvalue weighted by atomic mass is 9.82. The lowest BCUT2D eigenvalue weighted by Crippen LogP contribution is -2.33. The van der Waals surface area contributed by atoms with Crippen molar-refractivity contribution in [1.82, 2.24) is 10.2 Å². The van der Waals surface area contributed by atoms with Crippen LogP contribution in [0.2, 0.25) is 0 Å². The first-order valence-electron chi connectivity index (χ1n) is 12.7. The number of methoxy groups -OCH3 is 1. The summed E-state index contributed by atoms with van der Waals surface area (Å²) in [5.41, 5.74) is 0.939. The fourth-order valence-electron chi connectivity index (χ4n) is 4.75. The van der Waals surface area contributed by atoms with Gasteiger partial charge in [0.2, 0.25) is 17.7 Å². The van der Waals surface area contributed by atoms with Crippen molar-refractivity contribution in [1.29, 1.82) is 0 Å². The van der Waals surface area contributed by atoms with E-state index in [1.807, 2.05) is 24.3 Å². The molecule has 0 bridgehead atoms. The molecule has 9 nitrogen and oxygen atoms in total. The first-order valence-corrected chi connectivity index (χ1v) is 13.5. The molecule has 36 heavy (non-hydrogen) atoms. The van der Waals surface area contributed by atoms with Crippen molar-refractivity contribution in [3.8, 4) is 0 Å². The number of thioether (sulfide) groups is 1. The van der Waals surface area contributed by atoms with Crippen LogP contribution < -0.4 is 11.2 Å². The molecular formula is C26H37N3O6S. The number of nitrogens with zero attached hydrogens (tertiary/aromatic N) is 1. The summed E-state index contributed by atoms with van der Waals surface area (Å²) >= 11 is 1.40. The molecule has 10 heteroatoms. The summed E-state index contributed by atoms with van der Waals surface area (Å²) < 4.78 is 4.81. The number of hydrogen-bond acceptors (Lipinski definition) is 8. The van der Waals surface area contributed by atoms with Crippen molar-refractivity contribution in [2.24, 2.45) is 17.7 Å². The van der Waals surface area contributed by atoms with Crippen molar-refractivity contribution in [3.63, 3.8) is 0 Å². The van der Waals surface area contributed by atoms with Crippen LogP contribution >= 0.6 is 11.8 Å². The average Bonchev–Trinajstić information content (AvgIpc) is 3.15. The van der Waals surface area contributed by atoms with Crippen molar-refractivity contribution in [3.05, 3.63) is 29.8 Å². The smallest absolute Gasteiger partial charge is 0.308 e. The Morgan fingerprint density at radius 2 is 1.81 bits per heavy atom. The van der Waals surface area contributed by atoms with Gasteiger partial charge < -0.3 is 10.1 Å². The average molecular weight is 520 g/mol. The van der Waals surface area contributed by atoms with Gasteiger partial charge in [-0.05, 0) is 62.1 Å². The Balaban J connectivity index is 1.28. The lowest BCUT2D eigenvalue weighted by Gasteiger charge is -2.26. The topological polar surface area (TPSA) is 128 Å². The van der Waals surface area contributed by atoms with E-state index in [0.717, 1.165) is 42.6 Å². The van der Waals surface area contributed by atoms with Gasteiger partial charge in [0.1, 0.15) is 0 Å². The largest absolute Gasteiger partial charge is 0.469 e. The Hall–Kier alpha value is -2.43. The Labute approximate surface area is 216 Å². The number of hydrogen-bond donors (Lipinski definition) is 2. The number of rotatable bonds is 13. The fraction of sp³-hybridized carbons (Fsp3) is 0.615. The predicted octanol–water partition coefficient (Wildman–Crippen LogP) is 2.95. The van der Waals surface area contributed by atoms with Crippen LogP contribution in [0.5, 0.6) is 0 Å². The summed E-state index contributed by atoms with van der Waals surface area (Å²) in [5.74, 6) is 5.11. The Morgan fingerprint density at radius 1 is 1.08 bits per heavy atom. The third-order valence-electron chi connectivity index (χ3n) is 6.91. The number of benzene rings is 1. The summed E-state index contributed by atoms with van der Waals surface area (Å²) in [4.78, 5) is 55.8. The van der Waals surface area contributed by atoms with Crippen LogP contribution in [0.25, 0.3) is 0 Å². The zero-order valence-electron chi connectivity index (χ0n) is 20.9. The molecule has 1 saturated heterocycles. The maximum atomic E-state index is 12.7. The minimum absolute atomic E-state index is 0.00579. The summed E-state index contributed by atoms with van der Waals surface area (Å²) in [5, 5.41) is 2.61. The van der Waals surface area contributed by atoms with Gasteiger partial charge >= 0.3 is 5.97 Å². The van der Waals surface area contributed by atoms with Gasteiger partial charge in [-0.2, -0.15) is 0 Å². The molecule has 1 unspecified atom stereocenters. The van der Waals surface area contributed by atoms with Gasteiger partial charge in [0.15, 0.2) is 0 Å². The number of likely N-dealkylation sites (tertiary alicyclic amines) is 1. The number of esters is 1. The van der Waals surface area contributed by atoms with Gasteiger partial charge in [-0.1, -0.05) is 18.6 Å². The van der Waals surface area contributed by atoms with Crippen LogP contribution in [0, 0.1) is 11.8 Å². The number of unbranched alkanes of at least 4 members (excludes halogenated alkanes) is 2. The van der Waals surface area contributed by atoms with E-state index in [-0.39, 0.29) is 36.0 Å². The first-order chi connectivity index (χ1) is 17.4. The zero-order valence-corrected chi connectivity index (χ0v) is 21.7. The van der Waals surface area contributed by atoms with E-state index < -0.39 is 5.25 Å². The van der Waals surface area contributed by atoms with Crippen molar-refractivity contribution < 1.29 is 28.8 Å². The highest BCUT2D eigenvalue weighted by Gasteiger charge is 2.38. The standard InChI is InChI=1S/C26H37N3O6S/c1-34-26(33)20-10-6-18(7-11-20)16-28-23(30)5-3-2-4-14-29-24(31)15-22(25(29)32)36-21-12-8-19(9-13-21)17-35-27/h8-9,12-13,18,20,22H,2-7,10-11,14-17,27H2,1H3,(H,28,30). The van der Waals surface area contributed by atoms with Gasteiger partial charge in [-0.3, -0.25) is 28.9 Å². The van der Waals surface area contributed by atoms with Gasteiger partial charge in [0.05, 0.1) is 24.9 Å². The molecule has 1 saturated carbocycles. The Kier molecular flexibility index (Phi) is 11.2. The van der Waals surface area contributed by atoms with Crippen LogP contribution in [0.3, 0.4) is 0 Å². The van der Waals surface area contributed by atoms with E-state index in [9.17, 15) is 19.2 Å². The van der Waals surface area contributed by atoms with Crippen LogP contribution in [-0.2, 0) is 35.4 Å². The number of imide groups is 1. The first kappa shape index (κ1) is 28.1. The molecule has 1 atom stereocenters. The van der Waals surface area contributed by atoms with Gasteiger partial charge in [-0.25, -0.2) is 5.90 Å². The number of nitrogens with two attached hydrogens (primary N) is 1. The number of amides is 3. The minimum Gasteiger partial charge on any atom is -0.469 e. The molecule has 3 rings (SSSR count). The molecule has 0 radical (unpaired) electrons. The summed E-state index contributed by atoms with van der Waals surface area (Å²) in [7, 11) is 1.42. The molecule has 1 aromatic carbocycles. The van der Waals surface area contributed by atoms with Crippen LogP contribution in [0.15, 0.2) is 29.2 Å². The van der Waals surface area contributed by atoms with E-state index in [1.165, 1.54) is 23.8 Å². The van der Waals surface area contributed by atoms with Gasteiger partial charge in [0.25, 0.3) is 0 Å². The number of carbonyl (C=O) groups is 4. The van der Waals surface area contributed by atoms with E-state index in [4.69, 9.17) is 10.6 Å². The van der Waals surface area contributed by atoms with Crippen molar-refractivity contribution in [2.75, 3.05) is 20.2 Å². The van der Waals surface area contributed by atoms with Gasteiger partial charge in [0, 0.05) is 30.8 Å². The van der Waals surface area contributed by atoms with Gasteiger partial charge in [-0.15, -0.1) is 11.8 Å². The summed E-state index contributed by atoms with van der Waals surface area (Å²) in [6.45, 7) is 1.36. The second-order valence-corrected chi connectivity index (χ2v) is 10.8. The molecule has 2 aliphatic rings. The van der Waals surface area contributed by atoms with Crippen molar-refractivity contribution in [2.45, 2.75) is 74.5 Å². The second kappa shape index (κ2) is 14.3. The molecule has 1 heterocycles. The highest BCUT2D eigenvalue weighted by atomic mass is 32.2. The second-order valence-electron chi connectivity index (χ2n) is 9.50. The molecule has 0 spiro atoms. The Bertz CT molecular complexity index is 901. The normalized spacial score (nSPS) is 22.1. The highest BCUT2D eigenvalue weighted by Crippen LogP contribution is 2.32. The predicted molar refractivity (Wildman–Crippen MR) is 135 cm³/mol. The summed E-state index contributed by atoms with van der Waals surface area (Å²) in [6.07, 6.45) is 6.30. The monoisotopic (exact) mass is 519 g/mol. The third kappa shape index (κ3) is 8.31. The fourth-order valence-corrected chi connectivity index (χ4v) is 5.83. The maximum absolute atomic E-state index is 12.7. The molecule has 0 aromatic heterocycles. The molecule has 3 N–H and O–H groups in total. The zero-order chi connectivity index (χ0) is 25.9. The quantitative estimate of drug-likeness (QED) is 0.176. The van der Waals surface area contributed by atoms with Crippen molar-refractivity contribution >= 4 is 35.5 Å². The molecule has 2 fully saturated rings. The molecule has 3 amide bonds. The third-order valence-corrected chi connectivity index (χ3v) is 8.11. The molecule has 1 aliphatic heterocycles. The number of ether oxygens (including phenoxy) is 1. The minimum atomic E-state index is -0.400. The van der Waals surface area contributed by atoms with Crippen LogP contribution in [0.4, 0.5) is 0 Å². The Morgan fingerprint density at radius 3 is 2.47 bits per heavy atom. The van der Waals surface area contributed by atoms with Crippen LogP contribution in [-0.4, -0.2) is 54.0 Å². The SMILES string of the molecule is COC(=O)C1CCC(CNC(=O)CCCCCN2C(=O)CC(Sc3ccc(CON)cc3)C2=O)CC1. The van der Waals surface area contributed by atoms with E-state index >= 15 is 0 Å². The molecular weight excluding hydrogens is 482 g/mol. The van der Waals surface area contributed by atoms with E-state index in [2.05, 4.69) is 10.2 Å². The van der Waals surface area contributed by atoms with E-state index in [0.29, 0.717) is 44.9 Å². The molecule has 1 aromatic rings. The summed E-state index contributed by atoms with van der Waals surface area (Å²) in [6, 6.07) is 7.58. The number of carbonyl (C=O) groups excluding carboxylic acids is 4. The molecule has 198 valence electrons. The van der Waals surface area contributed by atoms with E-state index in [1.54, 1.807) is 0 Å². The maximum Gasteiger partial charge on any atom is 0.308 e. The number of nitrogens with one attached hydrogen (secondary N) is 1.